The minimum absolute atomic E-state index is 0.190. The van der Waals surface area contributed by atoms with E-state index in [1.807, 2.05) is 18.2 Å². The molecule has 106 valence electrons. The zero-order valence-electron chi connectivity index (χ0n) is 11.2. The summed E-state index contributed by atoms with van der Waals surface area (Å²) in [5.41, 5.74) is 1.29. The van der Waals surface area contributed by atoms with Crippen LogP contribution in [0.3, 0.4) is 0 Å². The molecule has 0 saturated heterocycles. The Morgan fingerprint density at radius 3 is 2.76 bits per heavy atom. The van der Waals surface area contributed by atoms with Gasteiger partial charge in [0.2, 0.25) is 0 Å². The molecule has 6 nitrogen and oxygen atoms in total. The number of fused-ring (bicyclic) bond motifs is 3. The summed E-state index contributed by atoms with van der Waals surface area (Å²) in [7, 11) is 1.34. The molecule has 1 aromatic heterocycles. The molecule has 0 saturated carbocycles. The van der Waals surface area contributed by atoms with E-state index < -0.39 is 4.92 Å². The molecule has 0 amide bonds. The van der Waals surface area contributed by atoms with Crippen molar-refractivity contribution in [3.63, 3.8) is 0 Å². The van der Waals surface area contributed by atoms with Gasteiger partial charge in [0, 0.05) is 5.39 Å². The molecule has 0 aliphatic heterocycles. The van der Waals surface area contributed by atoms with Crippen molar-refractivity contribution >= 4 is 33.6 Å². The van der Waals surface area contributed by atoms with Crippen LogP contribution < -0.4 is 0 Å². The molecule has 0 atom stereocenters. The highest BCUT2D eigenvalue weighted by atomic mass is 16.6. The lowest BCUT2D eigenvalue weighted by atomic mass is 10.0. The highest BCUT2D eigenvalue weighted by Crippen LogP contribution is 2.31. The lowest BCUT2D eigenvalue weighted by Gasteiger charge is -2.03. The van der Waals surface area contributed by atoms with E-state index in [1.54, 1.807) is 12.1 Å². The van der Waals surface area contributed by atoms with Gasteiger partial charge in [-0.05, 0) is 22.4 Å². The van der Waals surface area contributed by atoms with Gasteiger partial charge >= 0.3 is 11.9 Å². The van der Waals surface area contributed by atoms with Crippen LogP contribution in [0, 0.1) is 10.1 Å². The number of carbonyl (C=O) groups excluding carboxylic acids is 1. The molecule has 0 aliphatic carbocycles. The van der Waals surface area contributed by atoms with Crippen molar-refractivity contribution in [1.29, 1.82) is 0 Å². The van der Waals surface area contributed by atoms with Gasteiger partial charge in [0.1, 0.15) is 10.5 Å². The van der Waals surface area contributed by atoms with Gasteiger partial charge in [-0.2, -0.15) is 0 Å². The molecular weight excluding hydrogens is 274 g/mol. The smallest absolute Gasteiger partial charge is 0.434 e. The molecule has 2 aromatic carbocycles. The lowest BCUT2D eigenvalue weighted by Crippen LogP contribution is -2.04. The lowest BCUT2D eigenvalue weighted by molar-refractivity contribution is -0.401. The number of rotatable bonds is 3. The average Bonchev–Trinajstić information content (AvgIpc) is 2.91. The van der Waals surface area contributed by atoms with Crippen molar-refractivity contribution < 1.29 is 18.9 Å². The largest absolute Gasteiger partial charge is 0.469 e. The van der Waals surface area contributed by atoms with Gasteiger partial charge in [-0.25, -0.2) is 0 Å². The molecule has 6 heteroatoms. The molecule has 0 aliphatic rings. The van der Waals surface area contributed by atoms with Crippen molar-refractivity contribution in [1.82, 2.24) is 0 Å². The minimum Gasteiger partial charge on any atom is -0.469 e. The monoisotopic (exact) mass is 285 g/mol. The van der Waals surface area contributed by atoms with Crippen molar-refractivity contribution in [3.8, 4) is 0 Å². The van der Waals surface area contributed by atoms with Crippen LogP contribution in [-0.4, -0.2) is 18.0 Å². The summed E-state index contributed by atoms with van der Waals surface area (Å²) in [5.74, 6) is -0.592. The first-order valence-corrected chi connectivity index (χ1v) is 6.25. The molecule has 0 unspecified atom stereocenters. The number of methoxy groups -OCH3 is 1. The van der Waals surface area contributed by atoms with E-state index in [0.29, 0.717) is 11.0 Å². The zero-order valence-corrected chi connectivity index (χ0v) is 11.2. The number of hydrogen-bond donors (Lipinski definition) is 0. The Bertz CT molecular complexity index is 865. The predicted molar refractivity (Wildman–Crippen MR) is 76.1 cm³/mol. The molecule has 0 radical (unpaired) electrons. The first-order valence-electron chi connectivity index (χ1n) is 6.25. The topological polar surface area (TPSA) is 82.6 Å². The van der Waals surface area contributed by atoms with E-state index in [4.69, 9.17) is 4.42 Å². The van der Waals surface area contributed by atoms with E-state index in [2.05, 4.69) is 4.74 Å². The standard InChI is InChI=1S/C15H11NO5/c1-20-15(17)7-9-2-4-11-10(6-9)3-5-13-12(11)8-14(21-13)16(18)19/h2-6,8H,7H2,1H3. The van der Waals surface area contributed by atoms with Crippen molar-refractivity contribution in [3.05, 3.63) is 52.1 Å². The van der Waals surface area contributed by atoms with Gasteiger partial charge in [-0.15, -0.1) is 0 Å². The Hall–Kier alpha value is -2.89. The highest BCUT2D eigenvalue weighted by Gasteiger charge is 2.15. The molecule has 0 fully saturated rings. The third-order valence-electron chi connectivity index (χ3n) is 3.32. The van der Waals surface area contributed by atoms with E-state index in [1.165, 1.54) is 13.2 Å². The third kappa shape index (κ3) is 2.31. The van der Waals surface area contributed by atoms with Crippen molar-refractivity contribution in [2.75, 3.05) is 7.11 Å². The summed E-state index contributed by atoms with van der Waals surface area (Å²) >= 11 is 0. The van der Waals surface area contributed by atoms with Gasteiger partial charge < -0.3 is 9.15 Å². The SMILES string of the molecule is COC(=O)Cc1ccc2c(ccc3oc([N+](=O)[O-])cc32)c1. The summed E-state index contributed by atoms with van der Waals surface area (Å²) in [4.78, 5) is 21.5. The van der Waals surface area contributed by atoms with Crippen molar-refractivity contribution in [2.45, 2.75) is 6.42 Å². The average molecular weight is 285 g/mol. The van der Waals surface area contributed by atoms with Gasteiger partial charge in [-0.3, -0.25) is 14.9 Å². The quantitative estimate of drug-likeness (QED) is 0.419. The van der Waals surface area contributed by atoms with Gasteiger partial charge in [-0.1, -0.05) is 24.3 Å². The van der Waals surface area contributed by atoms with Crippen LogP contribution >= 0.6 is 0 Å². The molecule has 21 heavy (non-hydrogen) atoms. The molecule has 0 spiro atoms. The second kappa shape index (κ2) is 4.90. The number of carbonyl (C=O) groups is 1. The normalized spacial score (nSPS) is 10.9. The fourth-order valence-corrected chi connectivity index (χ4v) is 2.33. The first kappa shape index (κ1) is 13.1. The number of benzene rings is 2. The molecule has 1 heterocycles. The maximum absolute atomic E-state index is 11.3. The summed E-state index contributed by atoms with van der Waals surface area (Å²) in [6.07, 6.45) is 0.190. The number of hydrogen-bond acceptors (Lipinski definition) is 5. The predicted octanol–water partition coefficient (Wildman–Crippen LogP) is 3.21. The van der Waals surface area contributed by atoms with E-state index >= 15 is 0 Å². The number of esters is 1. The fraction of sp³-hybridized carbons (Fsp3) is 0.133. The third-order valence-corrected chi connectivity index (χ3v) is 3.32. The van der Waals surface area contributed by atoms with E-state index in [-0.39, 0.29) is 18.3 Å². The highest BCUT2D eigenvalue weighted by molar-refractivity contribution is 6.06. The first-order chi connectivity index (χ1) is 10.1. The Balaban J connectivity index is 2.13. The second-order valence-electron chi connectivity index (χ2n) is 4.63. The van der Waals surface area contributed by atoms with E-state index in [9.17, 15) is 14.9 Å². The summed E-state index contributed by atoms with van der Waals surface area (Å²) in [5, 5.41) is 13.2. The minimum atomic E-state index is -0.558. The number of nitro groups is 1. The van der Waals surface area contributed by atoms with Crippen LogP contribution in [0.1, 0.15) is 5.56 Å². The van der Waals surface area contributed by atoms with Crippen LogP contribution in [0.15, 0.2) is 40.8 Å². The molecular formula is C15H11NO5. The Morgan fingerprint density at radius 2 is 2.05 bits per heavy atom. The van der Waals surface area contributed by atoms with Gasteiger partial charge in [0.25, 0.3) is 0 Å². The van der Waals surface area contributed by atoms with Crippen LogP contribution in [0.4, 0.5) is 5.88 Å². The Labute approximate surface area is 119 Å². The maximum Gasteiger partial charge on any atom is 0.434 e. The summed E-state index contributed by atoms with van der Waals surface area (Å²) < 4.78 is 9.81. The fourth-order valence-electron chi connectivity index (χ4n) is 2.33. The number of furan rings is 1. The van der Waals surface area contributed by atoms with Crippen molar-refractivity contribution in [2.24, 2.45) is 0 Å². The zero-order chi connectivity index (χ0) is 15.0. The maximum atomic E-state index is 11.3. The number of nitrogens with zero attached hydrogens (tertiary/aromatic N) is 1. The van der Waals surface area contributed by atoms with E-state index in [0.717, 1.165) is 16.3 Å². The summed E-state index contributed by atoms with van der Waals surface area (Å²) in [6.45, 7) is 0. The number of ether oxygens (including phenoxy) is 1. The molecule has 3 rings (SSSR count). The van der Waals surface area contributed by atoms with Crippen LogP contribution in [0.2, 0.25) is 0 Å². The Morgan fingerprint density at radius 1 is 1.24 bits per heavy atom. The summed E-state index contributed by atoms with van der Waals surface area (Å²) in [6, 6.07) is 10.4. The van der Waals surface area contributed by atoms with Crippen LogP contribution in [0.25, 0.3) is 21.7 Å². The Kier molecular flexibility index (Phi) is 3.06. The molecule has 0 bridgehead atoms. The second-order valence-corrected chi connectivity index (χ2v) is 4.63. The molecule has 3 aromatic rings. The van der Waals surface area contributed by atoms with Crippen LogP contribution in [-0.2, 0) is 16.0 Å². The van der Waals surface area contributed by atoms with Gasteiger partial charge in [0.15, 0.2) is 0 Å². The van der Waals surface area contributed by atoms with Gasteiger partial charge in [0.05, 0.1) is 19.6 Å². The van der Waals surface area contributed by atoms with Crippen LogP contribution in [0.5, 0.6) is 0 Å². The molecule has 0 N–H and O–H groups in total.